The van der Waals surface area contributed by atoms with E-state index in [0.29, 0.717) is 43.7 Å². The molecule has 0 fully saturated rings. The van der Waals surface area contributed by atoms with Gasteiger partial charge in [0.2, 0.25) is 0 Å². The van der Waals surface area contributed by atoms with Crippen LogP contribution in [0.5, 0.6) is 0 Å². The minimum atomic E-state index is -1.29. The molecule has 0 amide bonds. The zero-order valence-electron chi connectivity index (χ0n) is 11.5. The SMILES string of the molecule is COCCOCCOCCS(=O)c1ccc(F)cc1N. The van der Waals surface area contributed by atoms with Crippen molar-refractivity contribution in [1.29, 1.82) is 0 Å². The summed E-state index contributed by atoms with van der Waals surface area (Å²) in [6, 6.07) is 3.85. The molecule has 5 nitrogen and oxygen atoms in total. The summed E-state index contributed by atoms with van der Waals surface area (Å²) in [5, 5.41) is 0. The zero-order chi connectivity index (χ0) is 14.8. The fourth-order valence-electron chi connectivity index (χ4n) is 1.44. The van der Waals surface area contributed by atoms with Crippen LogP contribution in [0.25, 0.3) is 0 Å². The molecule has 0 saturated carbocycles. The maximum atomic E-state index is 12.9. The zero-order valence-corrected chi connectivity index (χ0v) is 12.3. The molecule has 0 aliphatic rings. The van der Waals surface area contributed by atoms with Gasteiger partial charge in [0, 0.05) is 7.11 Å². The molecule has 1 unspecified atom stereocenters. The topological polar surface area (TPSA) is 70.8 Å². The maximum absolute atomic E-state index is 12.9. The molecule has 114 valence electrons. The van der Waals surface area contributed by atoms with Crippen LogP contribution in [0.1, 0.15) is 0 Å². The summed E-state index contributed by atoms with van der Waals surface area (Å²) in [4.78, 5) is 0.436. The van der Waals surface area contributed by atoms with Crippen LogP contribution in [0, 0.1) is 5.82 Å². The summed E-state index contributed by atoms with van der Waals surface area (Å²) < 4.78 is 40.1. The molecule has 1 aromatic carbocycles. The Hall–Kier alpha value is -1.02. The lowest BCUT2D eigenvalue weighted by Gasteiger charge is -2.07. The summed E-state index contributed by atoms with van der Waals surface area (Å²) in [6.45, 7) is 2.30. The third-order valence-electron chi connectivity index (χ3n) is 2.43. The number of nitrogens with two attached hydrogens (primary N) is 1. The quantitative estimate of drug-likeness (QED) is 0.519. The van der Waals surface area contributed by atoms with Gasteiger partial charge in [0.05, 0.1) is 60.2 Å². The number of halogens is 1. The number of anilines is 1. The monoisotopic (exact) mass is 305 g/mol. The van der Waals surface area contributed by atoms with Gasteiger partial charge in [-0.25, -0.2) is 4.39 Å². The normalized spacial score (nSPS) is 12.5. The lowest BCUT2D eigenvalue weighted by Crippen LogP contribution is -2.12. The van der Waals surface area contributed by atoms with Crippen molar-refractivity contribution in [1.82, 2.24) is 0 Å². The number of rotatable bonds is 10. The van der Waals surface area contributed by atoms with E-state index in [4.69, 9.17) is 19.9 Å². The van der Waals surface area contributed by atoms with Crippen molar-refractivity contribution in [2.75, 3.05) is 51.6 Å². The van der Waals surface area contributed by atoms with Gasteiger partial charge in [-0.2, -0.15) is 0 Å². The number of benzene rings is 1. The molecule has 0 bridgehead atoms. The molecular weight excluding hydrogens is 285 g/mol. The Labute approximate surface area is 120 Å². The lowest BCUT2D eigenvalue weighted by atomic mass is 10.3. The van der Waals surface area contributed by atoms with Gasteiger partial charge in [0.1, 0.15) is 5.82 Å². The van der Waals surface area contributed by atoms with Crippen LogP contribution in [0.2, 0.25) is 0 Å². The molecule has 0 radical (unpaired) electrons. The van der Waals surface area contributed by atoms with E-state index in [9.17, 15) is 8.60 Å². The Morgan fingerprint density at radius 3 is 2.45 bits per heavy atom. The van der Waals surface area contributed by atoms with Crippen molar-refractivity contribution in [3.05, 3.63) is 24.0 Å². The molecule has 0 aromatic heterocycles. The molecule has 0 spiro atoms. The van der Waals surface area contributed by atoms with E-state index in [1.807, 2.05) is 0 Å². The summed E-state index contributed by atoms with van der Waals surface area (Å²) in [5.41, 5.74) is 5.82. The molecule has 0 saturated heterocycles. The predicted molar refractivity (Wildman–Crippen MR) is 75.6 cm³/mol. The van der Waals surface area contributed by atoms with Gasteiger partial charge in [0.15, 0.2) is 0 Å². The van der Waals surface area contributed by atoms with Crippen molar-refractivity contribution in [2.24, 2.45) is 0 Å². The number of ether oxygens (including phenoxy) is 3. The molecule has 1 rings (SSSR count). The van der Waals surface area contributed by atoms with Gasteiger partial charge in [-0.1, -0.05) is 0 Å². The van der Waals surface area contributed by atoms with E-state index >= 15 is 0 Å². The Kier molecular flexibility index (Phi) is 8.36. The molecule has 1 atom stereocenters. The number of hydrogen-bond acceptors (Lipinski definition) is 5. The van der Waals surface area contributed by atoms with E-state index in [0.717, 1.165) is 6.07 Å². The summed E-state index contributed by atoms with van der Waals surface area (Å²) in [7, 11) is 0.316. The average molecular weight is 305 g/mol. The molecular formula is C13H20FNO4S. The Bertz CT molecular complexity index is 431. The first-order valence-electron chi connectivity index (χ1n) is 6.23. The van der Waals surface area contributed by atoms with Crippen LogP contribution >= 0.6 is 0 Å². The number of nitrogen functional groups attached to an aromatic ring is 1. The highest BCUT2D eigenvalue weighted by molar-refractivity contribution is 7.85. The van der Waals surface area contributed by atoms with Gasteiger partial charge < -0.3 is 19.9 Å². The summed E-state index contributed by atoms with van der Waals surface area (Å²) in [6.07, 6.45) is 0. The Balaban J connectivity index is 2.17. The van der Waals surface area contributed by atoms with Crippen molar-refractivity contribution in [3.63, 3.8) is 0 Å². The second-order valence-corrected chi connectivity index (χ2v) is 5.49. The largest absolute Gasteiger partial charge is 0.398 e. The summed E-state index contributed by atoms with van der Waals surface area (Å²) >= 11 is 0. The smallest absolute Gasteiger partial charge is 0.125 e. The van der Waals surface area contributed by atoms with Gasteiger partial charge in [-0.3, -0.25) is 4.21 Å². The molecule has 0 heterocycles. The predicted octanol–water partition coefficient (Wildman–Crippen LogP) is 1.20. The van der Waals surface area contributed by atoms with Gasteiger partial charge in [-0.15, -0.1) is 0 Å². The van der Waals surface area contributed by atoms with E-state index in [-0.39, 0.29) is 5.69 Å². The van der Waals surface area contributed by atoms with Crippen LogP contribution in [-0.2, 0) is 25.0 Å². The van der Waals surface area contributed by atoms with E-state index < -0.39 is 16.6 Å². The van der Waals surface area contributed by atoms with E-state index in [1.54, 1.807) is 7.11 Å². The minimum absolute atomic E-state index is 0.200. The highest BCUT2D eigenvalue weighted by Crippen LogP contribution is 2.17. The summed E-state index contributed by atoms with van der Waals surface area (Å²) in [5.74, 6) is -0.124. The lowest BCUT2D eigenvalue weighted by molar-refractivity contribution is 0.0285. The molecule has 0 aliphatic heterocycles. The number of hydrogen-bond donors (Lipinski definition) is 1. The molecule has 0 aliphatic carbocycles. The first-order chi connectivity index (χ1) is 9.65. The average Bonchev–Trinajstić information content (AvgIpc) is 2.41. The van der Waals surface area contributed by atoms with Gasteiger partial charge in [0.25, 0.3) is 0 Å². The van der Waals surface area contributed by atoms with E-state index in [2.05, 4.69) is 0 Å². The Morgan fingerprint density at radius 2 is 1.80 bits per heavy atom. The van der Waals surface area contributed by atoms with Crippen molar-refractivity contribution in [2.45, 2.75) is 4.90 Å². The van der Waals surface area contributed by atoms with Crippen LogP contribution in [0.3, 0.4) is 0 Å². The van der Waals surface area contributed by atoms with Crippen molar-refractivity contribution < 1.29 is 22.8 Å². The maximum Gasteiger partial charge on any atom is 0.125 e. The molecule has 7 heteroatoms. The number of methoxy groups -OCH3 is 1. The van der Waals surface area contributed by atoms with Crippen molar-refractivity contribution in [3.8, 4) is 0 Å². The third kappa shape index (κ3) is 6.42. The second-order valence-electron chi connectivity index (χ2n) is 3.95. The fraction of sp³-hybridized carbons (Fsp3) is 0.538. The van der Waals surface area contributed by atoms with Crippen LogP contribution in [0.15, 0.2) is 23.1 Å². The first-order valence-corrected chi connectivity index (χ1v) is 7.55. The van der Waals surface area contributed by atoms with E-state index in [1.165, 1.54) is 12.1 Å². The highest BCUT2D eigenvalue weighted by Gasteiger charge is 2.08. The standard InChI is InChI=1S/C13H20FNO4S/c1-17-4-5-18-6-7-19-8-9-20(16)13-3-2-11(14)10-12(13)15/h2-3,10H,4-9,15H2,1H3. The van der Waals surface area contributed by atoms with Crippen LogP contribution < -0.4 is 5.73 Å². The first kappa shape index (κ1) is 17.0. The van der Waals surface area contributed by atoms with Crippen molar-refractivity contribution >= 4 is 16.5 Å². The molecule has 20 heavy (non-hydrogen) atoms. The second kappa shape index (κ2) is 9.82. The van der Waals surface area contributed by atoms with Gasteiger partial charge >= 0.3 is 0 Å². The van der Waals surface area contributed by atoms with Crippen LogP contribution in [0.4, 0.5) is 10.1 Å². The molecule has 1 aromatic rings. The van der Waals surface area contributed by atoms with Crippen LogP contribution in [-0.4, -0.2) is 50.1 Å². The Morgan fingerprint density at radius 1 is 1.15 bits per heavy atom. The van der Waals surface area contributed by atoms with Gasteiger partial charge in [-0.05, 0) is 18.2 Å². The highest BCUT2D eigenvalue weighted by atomic mass is 32.2. The molecule has 2 N–H and O–H groups in total. The third-order valence-corrected chi connectivity index (χ3v) is 3.83. The fourth-order valence-corrected chi connectivity index (χ4v) is 2.47. The minimum Gasteiger partial charge on any atom is -0.398 e.